The highest BCUT2D eigenvalue weighted by Crippen LogP contribution is 2.12. The molecule has 1 aliphatic rings. The summed E-state index contributed by atoms with van der Waals surface area (Å²) in [4.78, 5) is 9.27. The van der Waals surface area contributed by atoms with Gasteiger partial charge in [-0.15, -0.1) is 24.0 Å². The molecule has 2 aromatic rings. The minimum Gasteiger partial charge on any atom is -0.392 e. The third-order valence-electron chi connectivity index (χ3n) is 4.58. The first-order valence-electron chi connectivity index (χ1n) is 9.22. The summed E-state index contributed by atoms with van der Waals surface area (Å²) in [6.45, 7) is 7.32. The van der Waals surface area contributed by atoms with Gasteiger partial charge >= 0.3 is 0 Å². The maximum Gasteiger partial charge on any atom is 0.194 e. The van der Waals surface area contributed by atoms with Crippen molar-refractivity contribution in [1.82, 2.24) is 20.3 Å². The number of nitrogens with zero attached hydrogens (tertiary/aromatic N) is 4. The van der Waals surface area contributed by atoms with E-state index in [1.807, 2.05) is 13.0 Å². The Morgan fingerprint density at radius 3 is 2.71 bits per heavy atom. The van der Waals surface area contributed by atoms with Crippen molar-refractivity contribution in [2.45, 2.75) is 26.6 Å². The van der Waals surface area contributed by atoms with Crippen LogP contribution in [0.5, 0.6) is 0 Å². The van der Waals surface area contributed by atoms with Gasteiger partial charge in [-0.25, -0.2) is 9.38 Å². The summed E-state index contributed by atoms with van der Waals surface area (Å²) in [5.41, 5.74) is 2.12. The minimum atomic E-state index is -0.389. The van der Waals surface area contributed by atoms with E-state index in [2.05, 4.69) is 20.3 Å². The summed E-state index contributed by atoms with van der Waals surface area (Å²) in [6.07, 6.45) is 1.60. The van der Waals surface area contributed by atoms with E-state index < -0.39 is 0 Å². The molecule has 0 aliphatic carbocycles. The lowest BCUT2D eigenvalue weighted by atomic mass is 10.1. The SMILES string of the molecule is CCNC(=NCc1ccc(F)c(CO)c1)N1CCN(Cc2ccon2)CC1.I. The molecule has 1 fully saturated rings. The fraction of sp³-hybridized carbons (Fsp3) is 0.474. The van der Waals surface area contributed by atoms with Gasteiger partial charge in [-0.3, -0.25) is 4.90 Å². The van der Waals surface area contributed by atoms with Crippen LogP contribution in [0.15, 0.2) is 40.0 Å². The molecule has 0 amide bonds. The minimum absolute atomic E-state index is 0. The van der Waals surface area contributed by atoms with Gasteiger partial charge in [-0.2, -0.15) is 0 Å². The topological polar surface area (TPSA) is 77.1 Å². The lowest BCUT2D eigenvalue weighted by Crippen LogP contribution is -2.52. The van der Waals surface area contributed by atoms with Crippen LogP contribution in [0.1, 0.15) is 23.7 Å². The Balaban J connectivity index is 0.00000280. The maximum atomic E-state index is 13.5. The zero-order chi connectivity index (χ0) is 19.1. The molecule has 1 saturated heterocycles. The molecule has 7 nitrogen and oxygen atoms in total. The number of halogens is 2. The van der Waals surface area contributed by atoms with Gasteiger partial charge in [0.15, 0.2) is 5.96 Å². The molecule has 0 saturated carbocycles. The maximum absolute atomic E-state index is 13.5. The van der Waals surface area contributed by atoms with E-state index >= 15 is 0 Å². The fourth-order valence-electron chi connectivity index (χ4n) is 3.11. The Kier molecular flexibility index (Phi) is 9.13. The molecule has 154 valence electrons. The van der Waals surface area contributed by atoms with Crippen molar-refractivity contribution in [3.63, 3.8) is 0 Å². The number of benzene rings is 1. The highest BCUT2D eigenvalue weighted by molar-refractivity contribution is 14.0. The van der Waals surface area contributed by atoms with Crippen LogP contribution in [0.25, 0.3) is 0 Å². The number of aliphatic imine (C=N–C) groups is 1. The van der Waals surface area contributed by atoms with E-state index in [1.165, 1.54) is 6.07 Å². The average molecular weight is 503 g/mol. The van der Waals surface area contributed by atoms with Gasteiger partial charge in [0, 0.05) is 50.9 Å². The molecule has 1 aromatic carbocycles. The molecular weight excluding hydrogens is 476 g/mol. The van der Waals surface area contributed by atoms with Gasteiger partial charge in [0.05, 0.1) is 18.8 Å². The number of hydrogen-bond acceptors (Lipinski definition) is 5. The summed E-state index contributed by atoms with van der Waals surface area (Å²) in [6, 6.07) is 6.64. The average Bonchev–Trinajstić information content (AvgIpc) is 3.20. The third kappa shape index (κ3) is 6.14. The van der Waals surface area contributed by atoms with Crippen molar-refractivity contribution in [1.29, 1.82) is 0 Å². The molecule has 0 bridgehead atoms. The van der Waals surface area contributed by atoms with Gasteiger partial charge in [-0.1, -0.05) is 11.2 Å². The number of aliphatic hydroxyl groups is 1. The van der Waals surface area contributed by atoms with E-state index in [4.69, 9.17) is 9.52 Å². The lowest BCUT2D eigenvalue weighted by Gasteiger charge is -2.36. The van der Waals surface area contributed by atoms with Crippen LogP contribution >= 0.6 is 24.0 Å². The van der Waals surface area contributed by atoms with Gasteiger partial charge in [-0.05, 0) is 24.6 Å². The zero-order valence-electron chi connectivity index (χ0n) is 16.0. The molecule has 28 heavy (non-hydrogen) atoms. The second-order valence-corrected chi connectivity index (χ2v) is 6.51. The van der Waals surface area contributed by atoms with Crippen molar-refractivity contribution >= 4 is 29.9 Å². The predicted molar refractivity (Wildman–Crippen MR) is 116 cm³/mol. The molecular formula is C19H27FIN5O2. The number of aromatic nitrogens is 1. The summed E-state index contributed by atoms with van der Waals surface area (Å²) in [5.74, 6) is 0.467. The van der Waals surface area contributed by atoms with Crippen LogP contribution in [0.3, 0.4) is 0 Å². The molecule has 1 aliphatic heterocycles. The quantitative estimate of drug-likeness (QED) is 0.358. The van der Waals surface area contributed by atoms with E-state index in [0.29, 0.717) is 12.1 Å². The van der Waals surface area contributed by atoms with Crippen molar-refractivity contribution in [2.24, 2.45) is 4.99 Å². The number of aliphatic hydroxyl groups excluding tert-OH is 1. The summed E-state index contributed by atoms with van der Waals surface area (Å²) >= 11 is 0. The number of piperazine rings is 1. The van der Waals surface area contributed by atoms with E-state index in [9.17, 15) is 9.50 Å². The largest absolute Gasteiger partial charge is 0.392 e. The Morgan fingerprint density at radius 2 is 2.07 bits per heavy atom. The van der Waals surface area contributed by atoms with Crippen LogP contribution in [0.4, 0.5) is 4.39 Å². The van der Waals surface area contributed by atoms with Crippen LogP contribution in [0.2, 0.25) is 0 Å². The van der Waals surface area contributed by atoms with Crippen molar-refractivity contribution in [3.8, 4) is 0 Å². The predicted octanol–water partition coefficient (Wildman–Crippen LogP) is 2.21. The van der Waals surface area contributed by atoms with E-state index in [-0.39, 0.29) is 36.4 Å². The first kappa shape index (κ1) is 22.6. The van der Waals surface area contributed by atoms with Crippen molar-refractivity contribution in [3.05, 3.63) is 53.2 Å². The molecule has 0 spiro atoms. The Bertz CT molecular complexity index is 749. The molecule has 2 N–H and O–H groups in total. The fourth-order valence-corrected chi connectivity index (χ4v) is 3.11. The molecule has 0 radical (unpaired) electrons. The Morgan fingerprint density at radius 1 is 1.29 bits per heavy atom. The molecule has 2 heterocycles. The first-order chi connectivity index (χ1) is 13.2. The number of nitrogens with one attached hydrogen (secondary N) is 1. The number of rotatable bonds is 6. The Labute approximate surface area is 181 Å². The molecule has 9 heteroatoms. The van der Waals surface area contributed by atoms with Gasteiger partial charge in [0.2, 0.25) is 0 Å². The third-order valence-corrected chi connectivity index (χ3v) is 4.58. The zero-order valence-corrected chi connectivity index (χ0v) is 18.3. The molecule has 0 atom stereocenters. The second kappa shape index (κ2) is 11.3. The number of hydrogen-bond donors (Lipinski definition) is 2. The summed E-state index contributed by atoms with van der Waals surface area (Å²) in [5, 5.41) is 16.5. The molecule has 0 unspecified atom stereocenters. The lowest BCUT2D eigenvalue weighted by molar-refractivity contribution is 0.169. The van der Waals surface area contributed by atoms with Gasteiger partial charge in [0.1, 0.15) is 12.1 Å². The highest BCUT2D eigenvalue weighted by atomic mass is 127. The van der Waals surface area contributed by atoms with Crippen LogP contribution in [-0.2, 0) is 19.7 Å². The Hall–Kier alpha value is -1.72. The second-order valence-electron chi connectivity index (χ2n) is 6.51. The summed E-state index contributed by atoms with van der Waals surface area (Å²) < 4.78 is 18.4. The molecule has 1 aromatic heterocycles. The first-order valence-corrected chi connectivity index (χ1v) is 9.22. The molecule has 3 rings (SSSR count). The van der Waals surface area contributed by atoms with Crippen LogP contribution < -0.4 is 5.32 Å². The highest BCUT2D eigenvalue weighted by Gasteiger charge is 2.20. The van der Waals surface area contributed by atoms with Crippen molar-refractivity contribution in [2.75, 3.05) is 32.7 Å². The van der Waals surface area contributed by atoms with E-state index in [0.717, 1.165) is 56.5 Å². The van der Waals surface area contributed by atoms with E-state index in [1.54, 1.807) is 18.4 Å². The standard InChI is InChI=1S/C19H26FN5O2.HI/c1-2-21-19(22-12-15-3-4-18(20)16(11-15)14-26)25-8-6-24(7-9-25)13-17-5-10-27-23-17;/h3-5,10-11,26H,2,6-9,12-14H2,1H3,(H,21,22);1H. The van der Waals surface area contributed by atoms with Gasteiger partial charge < -0.3 is 19.8 Å². The van der Waals surface area contributed by atoms with Crippen LogP contribution in [-0.4, -0.2) is 58.7 Å². The number of guanidine groups is 1. The van der Waals surface area contributed by atoms with Crippen molar-refractivity contribution < 1.29 is 14.0 Å². The smallest absolute Gasteiger partial charge is 0.194 e. The van der Waals surface area contributed by atoms with Gasteiger partial charge in [0.25, 0.3) is 0 Å². The van der Waals surface area contributed by atoms with Crippen LogP contribution in [0, 0.1) is 5.82 Å². The normalized spacial score (nSPS) is 15.4. The monoisotopic (exact) mass is 503 g/mol. The summed E-state index contributed by atoms with van der Waals surface area (Å²) in [7, 11) is 0.